The van der Waals surface area contributed by atoms with Gasteiger partial charge in [-0.1, -0.05) is 6.92 Å². The lowest BCUT2D eigenvalue weighted by atomic mass is 10.1. The fourth-order valence-electron chi connectivity index (χ4n) is 2.60. The number of aromatic hydroxyl groups is 1. The van der Waals surface area contributed by atoms with Gasteiger partial charge in [0, 0.05) is 30.8 Å². The van der Waals surface area contributed by atoms with E-state index in [1.54, 1.807) is 18.2 Å². The zero-order valence-electron chi connectivity index (χ0n) is 13.4. The van der Waals surface area contributed by atoms with Crippen molar-refractivity contribution in [3.05, 3.63) is 23.8 Å². The van der Waals surface area contributed by atoms with Crippen LogP contribution in [0.2, 0.25) is 0 Å². The van der Waals surface area contributed by atoms with Gasteiger partial charge in [-0.15, -0.1) is 0 Å². The minimum Gasteiger partial charge on any atom is -0.507 e. The zero-order chi connectivity index (χ0) is 15.9. The van der Waals surface area contributed by atoms with Crippen molar-refractivity contribution in [3.8, 4) is 5.75 Å². The third-order valence-electron chi connectivity index (χ3n) is 3.77. The number of rotatable bonds is 5. The van der Waals surface area contributed by atoms with E-state index in [1.165, 1.54) is 6.42 Å². The SMILES string of the molecule is CCCC(=O)Nc1ccc(O)c(C(C)=NN2CCCCC2)c1. The van der Waals surface area contributed by atoms with Crippen molar-refractivity contribution in [2.75, 3.05) is 18.4 Å². The second-order valence-corrected chi connectivity index (χ2v) is 5.73. The summed E-state index contributed by atoms with van der Waals surface area (Å²) < 4.78 is 0. The third-order valence-corrected chi connectivity index (χ3v) is 3.77. The first kappa shape index (κ1) is 16.3. The van der Waals surface area contributed by atoms with Crippen LogP contribution in [0.5, 0.6) is 5.75 Å². The first-order chi connectivity index (χ1) is 10.6. The van der Waals surface area contributed by atoms with Gasteiger partial charge in [0.15, 0.2) is 0 Å². The van der Waals surface area contributed by atoms with Crippen LogP contribution in [0, 0.1) is 0 Å². The number of benzene rings is 1. The van der Waals surface area contributed by atoms with E-state index in [-0.39, 0.29) is 11.7 Å². The van der Waals surface area contributed by atoms with Gasteiger partial charge in [-0.05, 0) is 50.8 Å². The van der Waals surface area contributed by atoms with Gasteiger partial charge in [0.1, 0.15) is 5.75 Å². The number of hydrazone groups is 1. The highest BCUT2D eigenvalue weighted by molar-refractivity contribution is 6.02. The topological polar surface area (TPSA) is 64.9 Å². The standard InChI is InChI=1S/C17H25N3O2/c1-3-7-17(22)18-14-8-9-16(21)15(12-14)13(2)19-20-10-5-4-6-11-20/h8-9,12,21H,3-7,10-11H2,1-2H3,(H,18,22). The second-order valence-electron chi connectivity index (χ2n) is 5.73. The molecule has 1 fully saturated rings. The summed E-state index contributed by atoms with van der Waals surface area (Å²) in [6.45, 7) is 5.79. The molecule has 1 saturated heterocycles. The summed E-state index contributed by atoms with van der Waals surface area (Å²) in [4.78, 5) is 11.7. The lowest BCUT2D eigenvalue weighted by Gasteiger charge is -2.24. The number of nitrogens with zero attached hydrogens (tertiary/aromatic N) is 2. The average molecular weight is 303 g/mol. The molecular weight excluding hydrogens is 278 g/mol. The van der Waals surface area contributed by atoms with Gasteiger partial charge in [0.25, 0.3) is 0 Å². The monoisotopic (exact) mass is 303 g/mol. The number of amides is 1. The summed E-state index contributed by atoms with van der Waals surface area (Å²) >= 11 is 0. The Morgan fingerprint density at radius 3 is 2.73 bits per heavy atom. The molecule has 0 bridgehead atoms. The average Bonchev–Trinajstić information content (AvgIpc) is 2.50. The van der Waals surface area contributed by atoms with Crippen LogP contribution < -0.4 is 5.32 Å². The van der Waals surface area contributed by atoms with Crippen molar-refractivity contribution in [1.82, 2.24) is 5.01 Å². The molecule has 1 aromatic rings. The number of anilines is 1. The summed E-state index contributed by atoms with van der Waals surface area (Å²) in [6, 6.07) is 5.10. The minimum absolute atomic E-state index is 0.00948. The molecule has 0 atom stereocenters. The Morgan fingerprint density at radius 1 is 1.32 bits per heavy atom. The van der Waals surface area contributed by atoms with Crippen molar-refractivity contribution in [1.29, 1.82) is 0 Å². The van der Waals surface area contributed by atoms with Crippen LogP contribution in [-0.4, -0.2) is 34.8 Å². The number of piperidine rings is 1. The minimum atomic E-state index is -0.00948. The van der Waals surface area contributed by atoms with Crippen LogP contribution in [0.15, 0.2) is 23.3 Å². The van der Waals surface area contributed by atoms with Crippen molar-refractivity contribution in [2.45, 2.75) is 46.0 Å². The van der Waals surface area contributed by atoms with Gasteiger partial charge in [-0.3, -0.25) is 9.80 Å². The molecule has 0 aliphatic carbocycles. The summed E-state index contributed by atoms with van der Waals surface area (Å²) in [5.74, 6) is 0.177. The number of phenols is 1. The van der Waals surface area contributed by atoms with Crippen LogP contribution >= 0.6 is 0 Å². The molecule has 2 rings (SSSR count). The quantitative estimate of drug-likeness (QED) is 0.647. The summed E-state index contributed by atoms with van der Waals surface area (Å²) in [5.41, 5.74) is 2.13. The van der Waals surface area contributed by atoms with Gasteiger partial charge in [-0.2, -0.15) is 5.10 Å². The van der Waals surface area contributed by atoms with Crippen molar-refractivity contribution in [3.63, 3.8) is 0 Å². The molecule has 120 valence electrons. The summed E-state index contributed by atoms with van der Waals surface area (Å²) in [5, 5.41) is 19.6. The van der Waals surface area contributed by atoms with Crippen LogP contribution in [0.4, 0.5) is 5.69 Å². The van der Waals surface area contributed by atoms with Crippen LogP contribution in [0.25, 0.3) is 0 Å². The Kier molecular flexibility index (Phi) is 5.81. The van der Waals surface area contributed by atoms with E-state index in [2.05, 4.69) is 15.4 Å². The normalized spacial score (nSPS) is 15.7. The summed E-state index contributed by atoms with van der Waals surface area (Å²) in [7, 11) is 0. The maximum absolute atomic E-state index is 11.7. The molecule has 1 amide bonds. The van der Waals surface area contributed by atoms with Crippen LogP contribution in [-0.2, 0) is 4.79 Å². The van der Waals surface area contributed by atoms with E-state index in [0.717, 1.165) is 38.1 Å². The van der Waals surface area contributed by atoms with Crippen LogP contribution in [0.3, 0.4) is 0 Å². The highest BCUT2D eigenvalue weighted by Crippen LogP contribution is 2.23. The Morgan fingerprint density at radius 2 is 2.05 bits per heavy atom. The number of phenolic OH excluding ortho intramolecular Hbond substituents is 1. The largest absolute Gasteiger partial charge is 0.507 e. The molecule has 1 aromatic carbocycles. The molecule has 2 N–H and O–H groups in total. The molecule has 0 aromatic heterocycles. The van der Waals surface area contributed by atoms with Gasteiger partial charge in [0.2, 0.25) is 5.91 Å². The van der Waals surface area contributed by atoms with Gasteiger partial charge < -0.3 is 10.4 Å². The molecule has 0 radical (unpaired) electrons. The number of hydrogen-bond acceptors (Lipinski definition) is 4. The molecule has 5 nitrogen and oxygen atoms in total. The Bertz CT molecular complexity index is 549. The second kappa shape index (κ2) is 7.82. The molecule has 5 heteroatoms. The van der Waals surface area contributed by atoms with Crippen LogP contribution in [0.1, 0.15) is 51.5 Å². The molecule has 22 heavy (non-hydrogen) atoms. The number of carbonyl (C=O) groups is 1. The first-order valence-corrected chi connectivity index (χ1v) is 8.03. The predicted molar refractivity (Wildman–Crippen MR) is 89.3 cm³/mol. The Labute approximate surface area is 132 Å². The van der Waals surface area contributed by atoms with E-state index in [1.807, 2.05) is 13.8 Å². The molecule has 0 unspecified atom stereocenters. The summed E-state index contributed by atoms with van der Waals surface area (Å²) in [6.07, 6.45) is 4.89. The smallest absolute Gasteiger partial charge is 0.224 e. The molecule has 1 aliphatic rings. The molecular formula is C17H25N3O2. The van der Waals surface area contributed by atoms with Crippen molar-refractivity contribution in [2.24, 2.45) is 5.10 Å². The number of carbonyl (C=O) groups excluding carboxylic acids is 1. The van der Waals surface area contributed by atoms with Gasteiger partial charge in [0.05, 0.1) is 5.71 Å². The first-order valence-electron chi connectivity index (χ1n) is 8.03. The lowest BCUT2D eigenvalue weighted by Crippen LogP contribution is -2.25. The van der Waals surface area contributed by atoms with E-state index in [0.29, 0.717) is 17.7 Å². The molecule has 0 saturated carbocycles. The number of hydrogen-bond donors (Lipinski definition) is 2. The number of nitrogens with one attached hydrogen (secondary N) is 1. The molecule has 1 heterocycles. The predicted octanol–water partition coefficient (Wildman–Crippen LogP) is 3.34. The molecule has 1 aliphatic heterocycles. The fraction of sp³-hybridized carbons (Fsp3) is 0.529. The van der Waals surface area contributed by atoms with Crippen molar-refractivity contribution < 1.29 is 9.90 Å². The molecule has 0 spiro atoms. The highest BCUT2D eigenvalue weighted by atomic mass is 16.3. The van der Waals surface area contributed by atoms with Gasteiger partial charge >= 0.3 is 0 Å². The lowest BCUT2D eigenvalue weighted by molar-refractivity contribution is -0.116. The highest BCUT2D eigenvalue weighted by Gasteiger charge is 2.12. The Hall–Kier alpha value is -2.04. The van der Waals surface area contributed by atoms with E-state index >= 15 is 0 Å². The van der Waals surface area contributed by atoms with E-state index in [9.17, 15) is 9.90 Å². The van der Waals surface area contributed by atoms with Crippen molar-refractivity contribution >= 4 is 17.3 Å². The fourth-order valence-corrected chi connectivity index (χ4v) is 2.60. The van der Waals surface area contributed by atoms with E-state index < -0.39 is 0 Å². The maximum atomic E-state index is 11.7. The van der Waals surface area contributed by atoms with Gasteiger partial charge in [-0.25, -0.2) is 0 Å². The maximum Gasteiger partial charge on any atom is 0.224 e. The Balaban J connectivity index is 2.14. The third kappa shape index (κ3) is 4.48. The van der Waals surface area contributed by atoms with E-state index in [4.69, 9.17) is 0 Å². The zero-order valence-corrected chi connectivity index (χ0v) is 13.4.